The second-order valence-corrected chi connectivity index (χ2v) is 11.1. The molecule has 3 aromatic rings. The highest BCUT2D eigenvalue weighted by Gasteiger charge is 2.44. The van der Waals surface area contributed by atoms with Crippen LogP contribution in [-0.2, 0) is 0 Å². The fourth-order valence-corrected chi connectivity index (χ4v) is 6.64. The van der Waals surface area contributed by atoms with Gasteiger partial charge in [0, 0.05) is 30.8 Å². The van der Waals surface area contributed by atoms with Gasteiger partial charge in [-0.25, -0.2) is 14.1 Å². The van der Waals surface area contributed by atoms with E-state index in [4.69, 9.17) is 4.98 Å². The van der Waals surface area contributed by atoms with Crippen molar-refractivity contribution in [3.63, 3.8) is 0 Å². The van der Waals surface area contributed by atoms with E-state index in [2.05, 4.69) is 5.10 Å². The van der Waals surface area contributed by atoms with Crippen molar-refractivity contribution in [2.45, 2.75) is 63.7 Å². The number of nitrogens with zero attached hydrogens (tertiary/aromatic N) is 4. The van der Waals surface area contributed by atoms with Gasteiger partial charge < -0.3 is 4.90 Å². The number of alkyl halides is 6. The van der Waals surface area contributed by atoms with Gasteiger partial charge in [0.25, 0.3) is 0 Å². The molecule has 0 amide bonds. The highest BCUT2D eigenvalue weighted by molar-refractivity contribution is 7.18. The summed E-state index contributed by atoms with van der Waals surface area (Å²) < 4.78 is 94.9. The zero-order chi connectivity index (χ0) is 27.2. The highest BCUT2D eigenvalue weighted by Crippen LogP contribution is 2.47. The summed E-state index contributed by atoms with van der Waals surface area (Å²) in [5, 5.41) is 5.73. The van der Waals surface area contributed by atoms with Crippen LogP contribution in [0.3, 0.4) is 0 Å². The molecule has 2 aromatic heterocycles. The maximum atomic E-state index is 13.8. The zero-order valence-corrected chi connectivity index (χ0v) is 21.4. The number of halogens is 7. The Morgan fingerprint density at radius 2 is 1.53 bits per heavy atom. The van der Waals surface area contributed by atoms with E-state index in [1.807, 2.05) is 4.90 Å². The molecule has 0 spiro atoms. The summed E-state index contributed by atoms with van der Waals surface area (Å²) >= 11 is 1.29. The predicted molar refractivity (Wildman–Crippen MR) is 131 cm³/mol. The first kappa shape index (κ1) is 27.0. The summed E-state index contributed by atoms with van der Waals surface area (Å²) in [6.07, 6.45) is -6.21. The number of aryl methyl sites for hydroxylation is 1. The van der Waals surface area contributed by atoms with E-state index in [1.165, 1.54) is 23.5 Å². The molecular formula is C26H27F7N4S. The summed E-state index contributed by atoms with van der Waals surface area (Å²) in [6.45, 7) is 2.18. The first-order chi connectivity index (χ1) is 17.9. The maximum absolute atomic E-state index is 13.8. The Balaban J connectivity index is 1.46. The highest BCUT2D eigenvalue weighted by atomic mass is 32.1. The van der Waals surface area contributed by atoms with Crippen LogP contribution in [-0.4, -0.2) is 40.2 Å². The average Bonchev–Trinajstić information content (AvgIpc) is 3.47. The third-order valence-electron chi connectivity index (χ3n) is 7.68. The molecule has 4 nitrogen and oxygen atoms in total. The monoisotopic (exact) mass is 560 g/mol. The van der Waals surface area contributed by atoms with Gasteiger partial charge in [-0.1, -0.05) is 23.5 Å². The number of hydrogen-bond acceptors (Lipinski definition) is 4. The molecule has 0 N–H and O–H groups in total. The van der Waals surface area contributed by atoms with E-state index in [1.54, 1.807) is 29.9 Å². The summed E-state index contributed by atoms with van der Waals surface area (Å²) in [5.41, 5.74) is 2.63. The van der Waals surface area contributed by atoms with Crippen molar-refractivity contribution in [1.82, 2.24) is 14.8 Å². The Bertz CT molecular complexity index is 1210. The summed E-state index contributed by atoms with van der Waals surface area (Å²) in [5.74, 6) is -3.30. The van der Waals surface area contributed by atoms with Crippen molar-refractivity contribution < 1.29 is 30.7 Å². The lowest BCUT2D eigenvalue weighted by Gasteiger charge is -2.35. The van der Waals surface area contributed by atoms with Crippen LogP contribution in [0.15, 0.2) is 30.5 Å². The molecule has 38 heavy (non-hydrogen) atoms. The first-order valence-corrected chi connectivity index (χ1v) is 13.4. The van der Waals surface area contributed by atoms with Gasteiger partial charge in [0.15, 0.2) is 0 Å². The van der Waals surface area contributed by atoms with E-state index in [0.717, 1.165) is 0 Å². The first-order valence-electron chi connectivity index (χ1n) is 12.6. The van der Waals surface area contributed by atoms with Crippen molar-refractivity contribution in [3.05, 3.63) is 47.7 Å². The topological polar surface area (TPSA) is 34.0 Å². The van der Waals surface area contributed by atoms with Crippen molar-refractivity contribution >= 4 is 16.3 Å². The van der Waals surface area contributed by atoms with Gasteiger partial charge in [-0.05, 0) is 63.1 Å². The molecule has 0 unspecified atom stereocenters. The fraction of sp³-hybridized carbons (Fsp3) is 0.538. The molecule has 0 bridgehead atoms. The van der Waals surface area contributed by atoms with Crippen LogP contribution in [0.25, 0.3) is 16.3 Å². The largest absolute Gasteiger partial charge is 0.391 e. The van der Waals surface area contributed by atoms with Crippen LogP contribution < -0.4 is 4.90 Å². The van der Waals surface area contributed by atoms with E-state index in [-0.39, 0.29) is 50.5 Å². The van der Waals surface area contributed by atoms with E-state index < -0.39 is 24.2 Å². The molecule has 0 radical (unpaired) electrons. The van der Waals surface area contributed by atoms with Gasteiger partial charge in [0.2, 0.25) is 5.13 Å². The van der Waals surface area contributed by atoms with Gasteiger partial charge in [-0.2, -0.15) is 31.4 Å². The van der Waals surface area contributed by atoms with Crippen LogP contribution >= 0.6 is 11.3 Å². The van der Waals surface area contributed by atoms with Gasteiger partial charge in [0.1, 0.15) is 10.8 Å². The summed E-state index contributed by atoms with van der Waals surface area (Å²) in [4.78, 5) is 6.69. The van der Waals surface area contributed by atoms with Gasteiger partial charge in [-0.15, -0.1) is 0 Å². The van der Waals surface area contributed by atoms with Crippen molar-refractivity contribution in [2.24, 2.45) is 11.8 Å². The standard InChI is InChI=1S/C26H27F7N4S/c1-15-21(17-3-2-4-20(27)13-17)14-37(35-15)24-34-22(16-5-7-18(8-6-16)25(28,29)30)23(38-24)36-11-9-19(10-12-36)26(31,32)33/h2-4,13-14,16,18-19H,5-12H2,1H3. The number of anilines is 1. The molecule has 1 aliphatic carbocycles. The van der Waals surface area contributed by atoms with Crippen LogP contribution in [0, 0.1) is 24.6 Å². The Labute approximate surface area is 219 Å². The predicted octanol–water partition coefficient (Wildman–Crippen LogP) is 8.06. The smallest absolute Gasteiger partial charge is 0.362 e. The van der Waals surface area contributed by atoms with E-state index >= 15 is 0 Å². The molecular weight excluding hydrogens is 533 g/mol. The van der Waals surface area contributed by atoms with Gasteiger partial charge in [-0.3, -0.25) is 0 Å². The lowest BCUT2D eigenvalue weighted by atomic mass is 9.80. The Morgan fingerprint density at radius 1 is 0.895 bits per heavy atom. The van der Waals surface area contributed by atoms with E-state index in [0.29, 0.717) is 45.5 Å². The third-order valence-corrected chi connectivity index (χ3v) is 8.80. The van der Waals surface area contributed by atoms with E-state index in [9.17, 15) is 30.7 Å². The number of piperidine rings is 1. The minimum Gasteiger partial charge on any atom is -0.362 e. The molecule has 1 aliphatic heterocycles. The molecule has 3 heterocycles. The van der Waals surface area contributed by atoms with Crippen molar-refractivity contribution in [1.29, 1.82) is 0 Å². The average molecular weight is 561 g/mol. The molecule has 1 aromatic carbocycles. The number of aromatic nitrogens is 3. The normalized spacial score (nSPS) is 21.7. The van der Waals surface area contributed by atoms with Crippen LogP contribution in [0.1, 0.15) is 55.8 Å². The Hall–Kier alpha value is -2.63. The molecule has 1 saturated heterocycles. The third kappa shape index (κ3) is 5.55. The number of hydrogen-bond donors (Lipinski definition) is 0. The fourth-order valence-electron chi connectivity index (χ4n) is 5.50. The molecule has 1 saturated carbocycles. The van der Waals surface area contributed by atoms with Gasteiger partial charge >= 0.3 is 12.4 Å². The minimum absolute atomic E-state index is 0.00120. The molecule has 2 fully saturated rings. The van der Waals surface area contributed by atoms with Crippen molar-refractivity contribution in [3.8, 4) is 16.3 Å². The summed E-state index contributed by atoms with van der Waals surface area (Å²) in [7, 11) is 0. The minimum atomic E-state index is -4.25. The molecule has 206 valence electrons. The Morgan fingerprint density at radius 3 is 2.13 bits per heavy atom. The van der Waals surface area contributed by atoms with Crippen LogP contribution in [0.4, 0.5) is 35.7 Å². The lowest BCUT2D eigenvalue weighted by molar-refractivity contribution is -0.182. The van der Waals surface area contributed by atoms with Crippen molar-refractivity contribution in [2.75, 3.05) is 18.0 Å². The molecule has 2 aliphatic rings. The maximum Gasteiger partial charge on any atom is 0.391 e. The quantitative estimate of drug-likeness (QED) is 0.303. The second-order valence-electron chi connectivity index (χ2n) is 10.2. The number of rotatable bonds is 4. The zero-order valence-electron chi connectivity index (χ0n) is 20.6. The number of benzene rings is 1. The number of thiazole rings is 1. The molecule has 5 rings (SSSR count). The summed E-state index contributed by atoms with van der Waals surface area (Å²) in [6, 6.07) is 6.11. The Kier molecular flexibility index (Phi) is 7.21. The van der Waals surface area contributed by atoms with Crippen LogP contribution in [0.5, 0.6) is 0 Å². The van der Waals surface area contributed by atoms with Crippen LogP contribution in [0.2, 0.25) is 0 Å². The molecule has 0 atom stereocenters. The lowest BCUT2D eigenvalue weighted by Crippen LogP contribution is -2.39. The molecule has 12 heteroatoms. The SMILES string of the molecule is Cc1nn(-c2nc(C3CCC(C(F)(F)F)CC3)c(N3CCC(C(F)(F)F)CC3)s2)cc1-c1cccc(F)c1. The second kappa shape index (κ2) is 10.2. The van der Waals surface area contributed by atoms with Gasteiger partial charge in [0.05, 0.1) is 23.2 Å².